The minimum atomic E-state index is 0. The van der Waals surface area contributed by atoms with Gasteiger partial charge in [0.25, 0.3) is 0 Å². The van der Waals surface area contributed by atoms with E-state index in [0.717, 1.165) is 24.2 Å². The summed E-state index contributed by atoms with van der Waals surface area (Å²) >= 11 is 11.6. The van der Waals surface area contributed by atoms with Gasteiger partial charge in [-0.3, -0.25) is 0 Å². The molecule has 0 aromatic carbocycles. The zero-order valence-corrected chi connectivity index (χ0v) is 11.8. The van der Waals surface area contributed by atoms with Crippen LogP contribution in [0.1, 0.15) is 18.4 Å². The van der Waals surface area contributed by atoms with Gasteiger partial charge in [-0.05, 0) is 26.0 Å². The molecule has 1 aromatic rings. The van der Waals surface area contributed by atoms with Gasteiger partial charge < -0.3 is 10.1 Å². The molecule has 17 heavy (non-hydrogen) atoms. The zero-order chi connectivity index (χ0) is 11.6. The van der Waals surface area contributed by atoms with E-state index in [4.69, 9.17) is 27.9 Å². The normalized spacial score (nSPS) is 16.2. The second kappa shape index (κ2) is 6.10. The first-order valence-electron chi connectivity index (χ1n) is 5.21. The maximum Gasteiger partial charge on any atom is 0.138 e. The van der Waals surface area contributed by atoms with E-state index in [0.29, 0.717) is 17.6 Å². The molecule has 3 nitrogen and oxygen atoms in total. The van der Waals surface area contributed by atoms with Crippen molar-refractivity contribution < 1.29 is 4.74 Å². The van der Waals surface area contributed by atoms with E-state index in [2.05, 4.69) is 10.3 Å². The number of rotatable bonds is 5. The molecule has 1 fully saturated rings. The minimum absolute atomic E-state index is 0. The SMILES string of the molecule is CNC1(COc2cnc(Cl)c(CCl)c2)CC1.Cl. The maximum absolute atomic E-state index is 5.86. The number of hydrogen-bond donors (Lipinski definition) is 1. The highest BCUT2D eigenvalue weighted by Gasteiger charge is 2.41. The van der Waals surface area contributed by atoms with Crippen molar-refractivity contribution in [3.05, 3.63) is 23.0 Å². The Bertz CT molecular complexity index is 383. The number of alkyl halides is 1. The maximum atomic E-state index is 5.86. The molecule has 6 heteroatoms. The fourth-order valence-electron chi connectivity index (χ4n) is 1.48. The predicted octanol–water partition coefficient (Wildman–Crippen LogP) is 3.03. The first-order valence-corrected chi connectivity index (χ1v) is 6.12. The summed E-state index contributed by atoms with van der Waals surface area (Å²) in [6.07, 6.45) is 3.95. The molecular weight excluding hydrogens is 282 g/mol. The molecule has 1 heterocycles. The Hall–Kier alpha value is -0.220. The average Bonchev–Trinajstić information content (AvgIpc) is 3.09. The van der Waals surface area contributed by atoms with Crippen molar-refractivity contribution in [2.24, 2.45) is 0 Å². The van der Waals surface area contributed by atoms with E-state index >= 15 is 0 Å². The largest absolute Gasteiger partial charge is 0.490 e. The standard InChI is InChI=1S/C11H14Cl2N2O.ClH/c1-14-11(2-3-11)7-16-9-4-8(5-12)10(13)15-6-9;/h4,6,14H,2-3,5,7H2,1H3;1H. The first-order chi connectivity index (χ1) is 7.69. The van der Waals surface area contributed by atoms with Gasteiger partial charge in [0, 0.05) is 5.56 Å². The van der Waals surface area contributed by atoms with Gasteiger partial charge in [-0.2, -0.15) is 0 Å². The summed E-state index contributed by atoms with van der Waals surface area (Å²) in [6, 6.07) is 1.84. The lowest BCUT2D eigenvalue weighted by Gasteiger charge is -2.15. The van der Waals surface area contributed by atoms with E-state index in [9.17, 15) is 0 Å². The molecule has 0 radical (unpaired) electrons. The third-order valence-corrected chi connectivity index (χ3v) is 3.56. The highest BCUT2D eigenvalue weighted by atomic mass is 35.5. The van der Waals surface area contributed by atoms with Crippen LogP contribution in [0.25, 0.3) is 0 Å². The number of nitrogens with one attached hydrogen (secondary N) is 1. The summed E-state index contributed by atoms with van der Waals surface area (Å²) in [6.45, 7) is 0.661. The lowest BCUT2D eigenvalue weighted by molar-refractivity contribution is 0.258. The predicted molar refractivity (Wildman–Crippen MR) is 72.6 cm³/mol. The Labute approximate surface area is 117 Å². The Balaban J connectivity index is 0.00000144. The summed E-state index contributed by atoms with van der Waals surface area (Å²) in [5.74, 6) is 1.07. The van der Waals surface area contributed by atoms with Crippen LogP contribution in [-0.4, -0.2) is 24.2 Å². The van der Waals surface area contributed by atoms with Crippen LogP contribution in [0, 0.1) is 0 Å². The molecular formula is C11H15Cl3N2O. The van der Waals surface area contributed by atoms with Crippen LogP contribution < -0.4 is 10.1 Å². The summed E-state index contributed by atoms with van der Waals surface area (Å²) in [5.41, 5.74) is 0.968. The Morgan fingerprint density at radius 3 is 2.76 bits per heavy atom. The molecule has 1 aliphatic rings. The van der Waals surface area contributed by atoms with Crippen molar-refractivity contribution in [3.8, 4) is 5.75 Å². The van der Waals surface area contributed by atoms with Crippen LogP contribution in [0.4, 0.5) is 0 Å². The van der Waals surface area contributed by atoms with Gasteiger partial charge in [0.1, 0.15) is 17.5 Å². The highest BCUT2D eigenvalue weighted by Crippen LogP contribution is 2.35. The Morgan fingerprint density at radius 2 is 2.24 bits per heavy atom. The quantitative estimate of drug-likeness (QED) is 0.670. The van der Waals surface area contributed by atoms with Crippen LogP contribution >= 0.6 is 35.6 Å². The number of halogens is 3. The molecule has 0 saturated heterocycles. The van der Waals surface area contributed by atoms with E-state index in [1.54, 1.807) is 6.20 Å². The van der Waals surface area contributed by atoms with Crippen LogP contribution in [0.3, 0.4) is 0 Å². The van der Waals surface area contributed by atoms with Crippen LogP contribution in [0.2, 0.25) is 5.15 Å². The molecule has 0 bridgehead atoms. The van der Waals surface area contributed by atoms with Crippen molar-refractivity contribution in [2.45, 2.75) is 24.3 Å². The monoisotopic (exact) mass is 296 g/mol. The molecule has 0 unspecified atom stereocenters. The Morgan fingerprint density at radius 1 is 1.53 bits per heavy atom. The van der Waals surface area contributed by atoms with E-state index in [-0.39, 0.29) is 17.9 Å². The number of likely N-dealkylation sites (N-methyl/N-ethyl adjacent to an activating group) is 1. The van der Waals surface area contributed by atoms with Crippen LogP contribution in [0.5, 0.6) is 5.75 Å². The summed E-state index contributed by atoms with van der Waals surface area (Å²) in [5, 5.41) is 3.71. The van der Waals surface area contributed by atoms with Gasteiger partial charge in [0.2, 0.25) is 0 Å². The van der Waals surface area contributed by atoms with Gasteiger partial charge in [0.15, 0.2) is 0 Å². The Kier molecular flexibility index (Phi) is 5.32. The van der Waals surface area contributed by atoms with Gasteiger partial charge >= 0.3 is 0 Å². The van der Waals surface area contributed by atoms with Crippen molar-refractivity contribution >= 4 is 35.6 Å². The van der Waals surface area contributed by atoms with Gasteiger partial charge in [-0.25, -0.2) is 4.98 Å². The van der Waals surface area contributed by atoms with Crippen LogP contribution in [0.15, 0.2) is 12.3 Å². The van der Waals surface area contributed by atoms with E-state index in [1.807, 2.05) is 13.1 Å². The summed E-state index contributed by atoms with van der Waals surface area (Å²) in [4.78, 5) is 4.03. The molecule has 0 atom stereocenters. The molecule has 1 aliphatic carbocycles. The first kappa shape index (κ1) is 14.8. The summed E-state index contributed by atoms with van der Waals surface area (Å²) in [7, 11) is 1.96. The second-order valence-electron chi connectivity index (χ2n) is 4.07. The van der Waals surface area contributed by atoms with Crippen molar-refractivity contribution in [2.75, 3.05) is 13.7 Å². The summed E-state index contributed by atoms with van der Waals surface area (Å²) < 4.78 is 5.68. The number of hydrogen-bond acceptors (Lipinski definition) is 3. The van der Waals surface area contributed by atoms with Crippen LogP contribution in [-0.2, 0) is 5.88 Å². The molecule has 0 aliphatic heterocycles. The lowest BCUT2D eigenvalue weighted by Crippen LogP contribution is -2.33. The fraction of sp³-hybridized carbons (Fsp3) is 0.545. The molecule has 2 rings (SSSR count). The molecule has 0 amide bonds. The average molecular weight is 298 g/mol. The number of pyridine rings is 1. The van der Waals surface area contributed by atoms with E-state index in [1.165, 1.54) is 0 Å². The van der Waals surface area contributed by atoms with Crippen molar-refractivity contribution in [1.82, 2.24) is 10.3 Å². The minimum Gasteiger partial charge on any atom is -0.490 e. The smallest absolute Gasteiger partial charge is 0.138 e. The van der Waals surface area contributed by atoms with Crippen molar-refractivity contribution in [1.29, 1.82) is 0 Å². The third kappa shape index (κ3) is 3.62. The van der Waals surface area contributed by atoms with Gasteiger partial charge in [0.05, 0.1) is 17.6 Å². The van der Waals surface area contributed by atoms with Crippen molar-refractivity contribution in [3.63, 3.8) is 0 Å². The van der Waals surface area contributed by atoms with Gasteiger partial charge in [-0.15, -0.1) is 24.0 Å². The van der Waals surface area contributed by atoms with E-state index < -0.39 is 0 Å². The number of ether oxygens (including phenoxy) is 1. The topological polar surface area (TPSA) is 34.1 Å². The third-order valence-electron chi connectivity index (χ3n) is 2.93. The number of nitrogens with zero attached hydrogens (tertiary/aromatic N) is 1. The molecule has 1 saturated carbocycles. The molecule has 1 aromatic heterocycles. The zero-order valence-electron chi connectivity index (χ0n) is 9.50. The molecule has 1 N–H and O–H groups in total. The number of aromatic nitrogens is 1. The fourth-order valence-corrected chi connectivity index (χ4v) is 1.93. The molecule has 96 valence electrons. The highest BCUT2D eigenvalue weighted by molar-refractivity contribution is 6.31. The molecule has 0 spiro atoms. The second-order valence-corrected chi connectivity index (χ2v) is 4.70. The van der Waals surface area contributed by atoms with Gasteiger partial charge in [-0.1, -0.05) is 11.6 Å². The lowest BCUT2D eigenvalue weighted by atomic mass is 10.3.